The number of aryl methyl sites for hydroxylation is 1. The predicted molar refractivity (Wildman–Crippen MR) is 86.3 cm³/mol. The van der Waals surface area contributed by atoms with Crippen molar-refractivity contribution in [3.63, 3.8) is 0 Å². The molecule has 2 heterocycles. The van der Waals surface area contributed by atoms with E-state index in [1.54, 1.807) is 0 Å². The summed E-state index contributed by atoms with van der Waals surface area (Å²) >= 11 is 0. The molecule has 134 valence electrons. The summed E-state index contributed by atoms with van der Waals surface area (Å²) in [5, 5.41) is 11.4. The fraction of sp³-hybridized carbons (Fsp3) is 0.267. The lowest BCUT2D eigenvalue weighted by molar-refractivity contribution is -0.121. The Morgan fingerprint density at radius 3 is 2.68 bits per heavy atom. The van der Waals surface area contributed by atoms with Crippen LogP contribution in [0.2, 0.25) is 0 Å². The number of aromatic nitrogens is 1. The Morgan fingerprint density at radius 1 is 1.40 bits per heavy atom. The van der Waals surface area contributed by atoms with Crippen molar-refractivity contribution in [2.45, 2.75) is 18.4 Å². The first-order valence-corrected chi connectivity index (χ1v) is 8.61. The fourth-order valence-electron chi connectivity index (χ4n) is 2.05. The Labute approximate surface area is 144 Å². The van der Waals surface area contributed by atoms with Crippen LogP contribution in [0.15, 0.2) is 39.9 Å². The first-order chi connectivity index (χ1) is 11.7. The van der Waals surface area contributed by atoms with E-state index in [9.17, 15) is 18.0 Å². The van der Waals surface area contributed by atoms with Crippen molar-refractivity contribution in [3.8, 4) is 0 Å². The van der Waals surface area contributed by atoms with Crippen molar-refractivity contribution >= 4 is 21.9 Å². The van der Waals surface area contributed by atoms with Gasteiger partial charge < -0.3 is 14.8 Å². The normalized spacial score (nSPS) is 11.5. The van der Waals surface area contributed by atoms with Gasteiger partial charge in [-0.05, 0) is 25.1 Å². The van der Waals surface area contributed by atoms with Crippen molar-refractivity contribution in [1.29, 1.82) is 0 Å². The zero-order chi connectivity index (χ0) is 18.6. The van der Waals surface area contributed by atoms with Gasteiger partial charge in [-0.2, -0.15) is 4.31 Å². The number of carboxylic acid groups (broad SMARTS) is 1. The second-order valence-electron chi connectivity index (χ2n) is 5.21. The highest BCUT2D eigenvalue weighted by atomic mass is 32.2. The minimum Gasteiger partial charge on any atom is -0.478 e. The maximum Gasteiger partial charge on any atom is 0.339 e. The zero-order valence-electron chi connectivity index (χ0n) is 13.6. The van der Waals surface area contributed by atoms with E-state index in [4.69, 9.17) is 9.52 Å². The van der Waals surface area contributed by atoms with E-state index in [0.29, 0.717) is 0 Å². The summed E-state index contributed by atoms with van der Waals surface area (Å²) in [5.74, 6) is -1.18. The van der Waals surface area contributed by atoms with E-state index in [2.05, 4.69) is 10.3 Å². The molecule has 0 saturated heterocycles. The molecule has 25 heavy (non-hydrogen) atoms. The number of aromatic carboxylic acids is 1. The average Bonchev–Trinajstić information content (AvgIpc) is 2.95. The molecule has 1 amide bonds. The molecule has 0 aliphatic carbocycles. The highest BCUT2D eigenvalue weighted by molar-refractivity contribution is 7.89. The smallest absolute Gasteiger partial charge is 0.339 e. The van der Waals surface area contributed by atoms with Gasteiger partial charge in [-0.25, -0.2) is 13.2 Å². The van der Waals surface area contributed by atoms with Crippen molar-refractivity contribution in [2.24, 2.45) is 0 Å². The van der Waals surface area contributed by atoms with E-state index in [1.165, 1.54) is 44.6 Å². The van der Waals surface area contributed by atoms with Crippen LogP contribution in [-0.2, 0) is 21.4 Å². The van der Waals surface area contributed by atoms with Gasteiger partial charge in [-0.3, -0.25) is 9.78 Å². The molecule has 0 fully saturated rings. The number of rotatable bonds is 7. The van der Waals surface area contributed by atoms with Crippen molar-refractivity contribution in [3.05, 3.63) is 47.7 Å². The molecule has 0 aromatic carbocycles. The van der Waals surface area contributed by atoms with Gasteiger partial charge in [-0.1, -0.05) is 0 Å². The van der Waals surface area contributed by atoms with Crippen LogP contribution in [0.25, 0.3) is 0 Å². The Morgan fingerprint density at radius 2 is 2.12 bits per heavy atom. The molecule has 0 unspecified atom stereocenters. The highest BCUT2D eigenvalue weighted by Gasteiger charge is 2.23. The van der Waals surface area contributed by atoms with Gasteiger partial charge in [0.2, 0.25) is 15.9 Å². The number of nitrogens with one attached hydrogen (secondary N) is 1. The van der Waals surface area contributed by atoms with Crippen LogP contribution >= 0.6 is 0 Å². The van der Waals surface area contributed by atoms with Gasteiger partial charge in [0.05, 0.1) is 13.1 Å². The molecule has 2 N–H and O–H groups in total. The third kappa shape index (κ3) is 4.43. The molecule has 2 aromatic rings. The molecule has 2 rings (SSSR count). The largest absolute Gasteiger partial charge is 0.478 e. The van der Waals surface area contributed by atoms with E-state index in [1.807, 2.05) is 0 Å². The Bertz CT molecular complexity index is 876. The number of carbonyl (C=O) groups is 2. The van der Waals surface area contributed by atoms with E-state index >= 15 is 0 Å². The summed E-state index contributed by atoms with van der Waals surface area (Å²) in [6.07, 6.45) is 2.64. The molecule has 0 atom stereocenters. The summed E-state index contributed by atoms with van der Waals surface area (Å²) in [5.41, 5.74) is 0.0144. The van der Waals surface area contributed by atoms with Gasteiger partial charge >= 0.3 is 5.97 Å². The first kappa shape index (κ1) is 18.6. The Hall–Kier alpha value is -2.72. The number of pyridine rings is 1. The zero-order valence-corrected chi connectivity index (χ0v) is 14.4. The van der Waals surface area contributed by atoms with E-state index < -0.39 is 28.4 Å². The van der Waals surface area contributed by atoms with Crippen LogP contribution in [0.5, 0.6) is 0 Å². The predicted octanol–water partition coefficient (Wildman–Crippen LogP) is 0.618. The van der Waals surface area contributed by atoms with E-state index in [0.717, 1.165) is 4.31 Å². The Kier molecular flexibility index (Phi) is 5.55. The maximum absolute atomic E-state index is 12.3. The number of furan rings is 1. The number of carbonyl (C=O) groups excluding carboxylic acids is 1. The molecule has 0 saturated carbocycles. The van der Waals surface area contributed by atoms with Crippen LogP contribution < -0.4 is 5.32 Å². The molecule has 2 aromatic heterocycles. The monoisotopic (exact) mass is 367 g/mol. The number of hydrogen-bond acceptors (Lipinski definition) is 6. The molecular formula is C15H17N3O6S. The van der Waals surface area contributed by atoms with Crippen molar-refractivity contribution in [2.75, 3.05) is 13.6 Å². The van der Waals surface area contributed by atoms with Gasteiger partial charge in [0, 0.05) is 19.4 Å². The third-order valence-corrected chi connectivity index (χ3v) is 5.15. The summed E-state index contributed by atoms with van der Waals surface area (Å²) in [4.78, 5) is 26.6. The van der Waals surface area contributed by atoms with Gasteiger partial charge in [0.15, 0.2) is 0 Å². The quantitative estimate of drug-likeness (QED) is 0.733. The molecule has 9 nitrogen and oxygen atoms in total. The summed E-state index contributed by atoms with van der Waals surface area (Å²) < 4.78 is 30.7. The minimum atomic E-state index is -3.82. The first-order valence-electron chi connectivity index (χ1n) is 7.17. The lowest BCUT2D eigenvalue weighted by Gasteiger charge is -2.16. The second-order valence-corrected chi connectivity index (χ2v) is 7.26. The van der Waals surface area contributed by atoms with E-state index in [-0.39, 0.29) is 28.5 Å². The van der Waals surface area contributed by atoms with Crippen LogP contribution in [0.1, 0.15) is 21.9 Å². The van der Waals surface area contributed by atoms with Crippen LogP contribution in [0, 0.1) is 6.92 Å². The number of likely N-dealkylation sites (N-methyl/N-ethyl adjacent to an activating group) is 1. The van der Waals surface area contributed by atoms with Crippen molar-refractivity contribution < 1.29 is 27.5 Å². The molecule has 0 aliphatic rings. The van der Waals surface area contributed by atoms with Crippen LogP contribution in [0.4, 0.5) is 0 Å². The molecule has 0 radical (unpaired) electrons. The number of sulfonamides is 1. The van der Waals surface area contributed by atoms with Gasteiger partial charge in [0.25, 0.3) is 0 Å². The second kappa shape index (κ2) is 7.45. The molecular weight excluding hydrogens is 350 g/mol. The summed E-state index contributed by atoms with van der Waals surface area (Å²) in [7, 11) is -2.54. The SMILES string of the molecule is Cc1oc(CNC(=O)CN(C)S(=O)(=O)c2cccnc2)cc1C(=O)O. The van der Waals surface area contributed by atoms with Gasteiger partial charge in [-0.15, -0.1) is 0 Å². The molecule has 0 aliphatic heterocycles. The summed E-state index contributed by atoms with van der Waals surface area (Å²) in [6.45, 7) is 1.06. The van der Waals surface area contributed by atoms with Gasteiger partial charge in [0.1, 0.15) is 22.0 Å². The Balaban J connectivity index is 1.96. The topological polar surface area (TPSA) is 130 Å². The summed E-state index contributed by atoms with van der Waals surface area (Å²) in [6, 6.07) is 4.18. The number of carboxylic acids is 1. The molecule has 10 heteroatoms. The fourth-order valence-corrected chi connectivity index (χ4v) is 3.14. The lowest BCUT2D eigenvalue weighted by Crippen LogP contribution is -2.38. The standard InChI is InChI=1S/C15H17N3O6S/c1-10-13(15(20)21)6-11(24-10)7-17-14(19)9-18(2)25(22,23)12-4-3-5-16-8-12/h3-6,8H,7,9H2,1-2H3,(H,17,19)(H,20,21). The number of amides is 1. The van der Waals surface area contributed by atoms with Crippen LogP contribution in [-0.4, -0.2) is 48.3 Å². The molecule has 0 spiro atoms. The highest BCUT2D eigenvalue weighted by Crippen LogP contribution is 2.15. The number of nitrogens with zero attached hydrogens (tertiary/aromatic N) is 2. The lowest BCUT2D eigenvalue weighted by atomic mass is 10.2. The van der Waals surface area contributed by atoms with Crippen molar-refractivity contribution in [1.82, 2.24) is 14.6 Å². The maximum atomic E-state index is 12.3. The minimum absolute atomic E-state index is 0.0144. The third-order valence-electron chi connectivity index (χ3n) is 3.37. The number of hydrogen-bond donors (Lipinski definition) is 2. The van der Waals surface area contributed by atoms with Crippen LogP contribution in [0.3, 0.4) is 0 Å². The molecule has 0 bridgehead atoms. The average molecular weight is 367 g/mol.